The Balaban J connectivity index is 2.03. The summed E-state index contributed by atoms with van der Waals surface area (Å²) in [6.45, 7) is 4.39. The van der Waals surface area contributed by atoms with E-state index < -0.39 is 11.6 Å². The molecule has 5 heteroatoms. The molecule has 1 aliphatic rings. The average molecular weight is 335 g/mol. The van der Waals surface area contributed by atoms with Crippen LogP contribution >= 0.6 is 0 Å². The number of nitrogens with zero attached hydrogens (tertiary/aromatic N) is 2. The van der Waals surface area contributed by atoms with Crippen molar-refractivity contribution in [3.05, 3.63) is 65.2 Å². The maximum Gasteiger partial charge on any atom is 0.315 e. The normalized spacial score (nSPS) is 17.7. The molecule has 1 unspecified atom stereocenters. The Morgan fingerprint density at radius 2 is 2.04 bits per heavy atom. The van der Waals surface area contributed by atoms with Crippen LogP contribution in [-0.2, 0) is 6.54 Å². The number of rotatable bonds is 3. The maximum absolute atomic E-state index is 12.2. The van der Waals surface area contributed by atoms with Gasteiger partial charge < -0.3 is 15.4 Å². The van der Waals surface area contributed by atoms with Gasteiger partial charge in [-0.3, -0.25) is 0 Å². The smallest absolute Gasteiger partial charge is 0.315 e. The van der Waals surface area contributed by atoms with E-state index in [1.807, 2.05) is 44.2 Å². The van der Waals surface area contributed by atoms with E-state index in [4.69, 9.17) is 10.5 Å². The Bertz CT molecular complexity index is 825. The third-order valence-corrected chi connectivity index (χ3v) is 4.42. The van der Waals surface area contributed by atoms with Gasteiger partial charge in [0.25, 0.3) is 0 Å². The molecule has 0 aromatic heterocycles. The molecule has 0 spiro atoms. The minimum Gasteiger partial charge on any atom is -0.487 e. The van der Waals surface area contributed by atoms with Gasteiger partial charge in [-0.1, -0.05) is 30.3 Å². The van der Waals surface area contributed by atoms with Gasteiger partial charge in [-0.25, -0.2) is 4.79 Å². The quantitative estimate of drug-likeness (QED) is 0.928. The molecule has 0 radical (unpaired) electrons. The van der Waals surface area contributed by atoms with Crippen molar-refractivity contribution in [1.29, 1.82) is 5.26 Å². The number of carbonyl (C=O) groups is 1. The third-order valence-electron chi connectivity index (χ3n) is 4.42. The lowest BCUT2D eigenvalue weighted by molar-refractivity contribution is 0.0395. The molecule has 1 heterocycles. The molecule has 25 heavy (non-hydrogen) atoms. The van der Waals surface area contributed by atoms with Gasteiger partial charge >= 0.3 is 6.03 Å². The molecule has 0 bridgehead atoms. The molecule has 2 N–H and O–H groups in total. The van der Waals surface area contributed by atoms with Gasteiger partial charge in [-0.05, 0) is 37.6 Å². The van der Waals surface area contributed by atoms with Gasteiger partial charge in [0.15, 0.2) is 0 Å². The van der Waals surface area contributed by atoms with Crippen LogP contribution in [0.5, 0.6) is 5.75 Å². The highest BCUT2D eigenvalue weighted by Gasteiger charge is 2.38. The standard InChI is InChI=1S/C20H21N3O2/c1-20(2)11-17(16-10-15(12-21)8-9-18(16)25-20)23(19(22)24)13-14-6-4-3-5-7-14/h3-10,17H,11,13H2,1-2H3,(H2,22,24). The summed E-state index contributed by atoms with van der Waals surface area (Å²) >= 11 is 0. The van der Waals surface area contributed by atoms with E-state index in [-0.39, 0.29) is 6.04 Å². The topological polar surface area (TPSA) is 79.4 Å². The number of hydrogen-bond acceptors (Lipinski definition) is 3. The van der Waals surface area contributed by atoms with Crippen LogP contribution in [0, 0.1) is 11.3 Å². The number of nitriles is 1. The second kappa shape index (κ2) is 6.48. The van der Waals surface area contributed by atoms with Crippen molar-refractivity contribution >= 4 is 6.03 Å². The molecule has 0 saturated heterocycles. The molecule has 2 amide bonds. The second-order valence-electron chi connectivity index (χ2n) is 6.90. The van der Waals surface area contributed by atoms with Gasteiger partial charge in [0.2, 0.25) is 0 Å². The SMILES string of the molecule is CC1(C)CC(N(Cc2ccccc2)C(N)=O)c2cc(C#N)ccc2O1. The van der Waals surface area contributed by atoms with Crippen molar-refractivity contribution in [2.75, 3.05) is 0 Å². The van der Waals surface area contributed by atoms with Crippen LogP contribution in [0.4, 0.5) is 4.79 Å². The zero-order valence-electron chi connectivity index (χ0n) is 14.4. The monoisotopic (exact) mass is 335 g/mol. The highest BCUT2D eigenvalue weighted by atomic mass is 16.5. The first-order valence-electron chi connectivity index (χ1n) is 8.23. The largest absolute Gasteiger partial charge is 0.487 e. The van der Waals surface area contributed by atoms with Crippen LogP contribution in [0.15, 0.2) is 48.5 Å². The summed E-state index contributed by atoms with van der Waals surface area (Å²) in [5, 5.41) is 9.22. The van der Waals surface area contributed by atoms with Gasteiger partial charge in [-0.15, -0.1) is 0 Å². The number of nitrogens with two attached hydrogens (primary N) is 1. The van der Waals surface area contributed by atoms with Crippen molar-refractivity contribution in [2.24, 2.45) is 5.73 Å². The first-order valence-corrected chi connectivity index (χ1v) is 8.23. The van der Waals surface area contributed by atoms with Crippen molar-refractivity contribution in [3.8, 4) is 11.8 Å². The highest BCUT2D eigenvalue weighted by Crippen LogP contribution is 2.43. The Morgan fingerprint density at radius 1 is 1.32 bits per heavy atom. The molecule has 1 aliphatic heterocycles. The summed E-state index contributed by atoms with van der Waals surface area (Å²) in [6.07, 6.45) is 0.602. The molecule has 2 aromatic carbocycles. The van der Waals surface area contributed by atoms with Crippen LogP contribution < -0.4 is 10.5 Å². The number of carbonyl (C=O) groups excluding carboxylic acids is 1. The Hall–Kier alpha value is -3.00. The molecule has 0 aliphatic carbocycles. The molecule has 128 valence electrons. The molecule has 2 aromatic rings. The lowest BCUT2D eigenvalue weighted by atomic mass is 9.87. The third kappa shape index (κ3) is 3.58. The molecule has 0 saturated carbocycles. The van der Waals surface area contributed by atoms with E-state index in [2.05, 4.69) is 6.07 Å². The van der Waals surface area contributed by atoms with Crippen LogP contribution in [0.25, 0.3) is 0 Å². The molecular weight excluding hydrogens is 314 g/mol. The van der Waals surface area contributed by atoms with Crippen LogP contribution in [0.1, 0.15) is 43.0 Å². The number of primary amides is 1. The second-order valence-corrected chi connectivity index (χ2v) is 6.90. The van der Waals surface area contributed by atoms with Crippen LogP contribution in [-0.4, -0.2) is 16.5 Å². The lowest BCUT2D eigenvalue weighted by Crippen LogP contribution is -2.45. The predicted octanol–water partition coefficient (Wildman–Crippen LogP) is 3.74. The first-order chi connectivity index (χ1) is 11.9. The molecule has 0 fully saturated rings. The fourth-order valence-corrected chi connectivity index (χ4v) is 3.29. The highest BCUT2D eigenvalue weighted by molar-refractivity contribution is 5.73. The summed E-state index contributed by atoms with van der Waals surface area (Å²) in [5.74, 6) is 0.694. The van der Waals surface area contributed by atoms with Crippen LogP contribution in [0.3, 0.4) is 0 Å². The molecule has 1 atom stereocenters. The molecular formula is C20H21N3O2. The first kappa shape index (κ1) is 16.8. The van der Waals surface area contributed by atoms with E-state index in [0.717, 1.165) is 11.1 Å². The summed E-state index contributed by atoms with van der Waals surface area (Å²) < 4.78 is 6.04. The lowest BCUT2D eigenvalue weighted by Gasteiger charge is -2.42. The summed E-state index contributed by atoms with van der Waals surface area (Å²) in [5.41, 5.74) is 7.65. The minimum atomic E-state index is -0.486. The fraction of sp³-hybridized carbons (Fsp3) is 0.300. The van der Waals surface area contributed by atoms with Crippen molar-refractivity contribution in [1.82, 2.24) is 4.90 Å². The van der Waals surface area contributed by atoms with E-state index in [9.17, 15) is 10.1 Å². The number of hydrogen-bond donors (Lipinski definition) is 1. The number of urea groups is 1. The van der Waals surface area contributed by atoms with E-state index in [1.165, 1.54) is 0 Å². The maximum atomic E-state index is 12.2. The summed E-state index contributed by atoms with van der Waals surface area (Å²) in [6, 6.07) is 16.5. The number of ether oxygens (including phenoxy) is 1. The number of amides is 2. The van der Waals surface area contributed by atoms with Crippen molar-refractivity contribution < 1.29 is 9.53 Å². The average Bonchev–Trinajstić information content (AvgIpc) is 2.58. The van der Waals surface area contributed by atoms with Gasteiger partial charge in [-0.2, -0.15) is 5.26 Å². The van der Waals surface area contributed by atoms with Crippen LogP contribution in [0.2, 0.25) is 0 Å². The van der Waals surface area contributed by atoms with Gasteiger partial charge in [0.1, 0.15) is 11.4 Å². The Morgan fingerprint density at radius 3 is 2.68 bits per heavy atom. The number of benzene rings is 2. The Labute approximate surface area is 147 Å². The Kier molecular flexibility index (Phi) is 4.37. The van der Waals surface area contributed by atoms with Crippen molar-refractivity contribution in [2.45, 2.75) is 38.5 Å². The molecule has 3 rings (SSSR count). The van der Waals surface area contributed by atoms with Gasteiger partial charge in [0, 0.05) is 18.5 Å². The summed E-state index contributed by atoms with van der Waals surface area (Å²) in [4.78, 5) is 13.9. The summed E-state index contributed by atoms with van der Waals surface area (Å²) in [7, 11) is 0. The zero-order valence-corrected chi connectivity index (χ0v) is 14.4. The fourth-order valence-electron chi connectivity index (χ4n) is 3.29. The molecule has 5 nitrogen and oxygen atoms in total. The minimum absolute atomic E-state index is 0.246. The van der Waals surface area contributed by atoms with E-state index >= 15 is 0 Å². The van der Waals surface area contributed by atoms with Gasteiger partial charge in [0.05, 0.1) is 17.7 Å². The van der Waals surface area contributed by atoms with E-state index in [0.29, 0.717) is 24.3 Å². The van der Waals surface area contributed by atoms with E-state index in [1.54, 1.807) is 23.1 Å². The predicted molar refractivity (Wildman–Crippen MR) is 94.8 cm³/mol. The number of fused-ring (bicyclic) bond motifs is 1. The zero-order chi connectivity index (χ0) is 18.0. The van der Waals surface area contributed by atoms with Crippen molar-refractivity contribution in [3.63, 3.8) is 0 Å².